The molecule has 2 nitrogen and oxygen atoms in total. The Hall–Kier alpha value is -2.35. The maximum atomic E-state index is 4.44. The van der Waals surface area contributed by atoms with Crippen molar-refractivity contribution in [2.24, 2.45) is 0 Å². The summed E-state index contributed by atoms with van der Waals surface area (Å²) in [6.07, 6.45) is 3.74. The summed E-state index contributed by atoms with van der Waals surface area (Å²) >= 11 is 0. The Morgan fingerprint density at radius 3 is 2.72 bits per heavy atom. The maximum Gasteiger partial charge on any atom is 0.0961 e. The molecule has 0 bridgehead atoms. The zero-order valence-electron chi connectivity index (χ0n) is 10.1. The van der Waals surface area contributed by atoms with Crippen molar-refractivity contribution in [3.05, 3.63) is 72.6 Å². The molecule has 0 N–H and O–H groups in total. The second-order valence-corrected chi connectivity index (χ2v) is 4.31. The van der Waals surface area contributed by atoms with Crippen molar-refractivity contribution in [2.45, 2.75) is 6.54 Å². The summed E-state index contributed by atoms with van der Waals surface area (Å²) in [6.45, 7) is 4.63. The normalized spacial score (nSPS) is 10.7. The smallest absolute Gasteiger partial charge is 0.0961 e. The summed E-state index contributed by atoms with van der Waals surface area (Å²) in [5.74, 6) is 0. The fourth-order valence-electron chi connectivity index (χ4n) is 2.11. The molecular weight excluding hydrogens is 220 g/mol. The molecule has 0 aliphatic carbocycles. The first kappa shape index (κ1) is 10.8. The van der Waals surface area contributed by atoms with Gasteiger partial charge >= 0.3 is 0 Å². The highest BCUT2D eigenvalue weighted by atomic mass is 15.0. The van der Waals surface area contributed by atoms with E-state index in [-0.39, 0.29) is 0 Å². The fraction of sp³-hybridized carbons (Fsp3) is 0.0625. The van der Waals surface area contributed by atoms with Gasteiger partial charge in [-0.05, 0) is 23.3 Å². The van der Waals surface area contributed by atoms with Gasteiger partial charge in [-0.15, -0.1) is 0 Å². The Morgan fingerprint density at radius 2 is 1.94 bits per heavy atom. The van der Waals surface area contributed by atoms with Crippen LogP contribution < -0.4 is 0 Å². The topological polar surface area (TPSA) is 17.8 Å². The van der Waals surface area contributed by atoms with Gasteiger partial charge < -0.3 is 4.57 Å². The van der Waals surface area contributed by atoms with Crippen LogP contribution in [0, 0.1) is 0 Å². The van der Waals surface area contributed by atoms with Crippen molar-refractivity contribution in [3.63, 3.8) is 0 Å². The van der Waals surface area contributed by atoms with E-state index in [0.717, 1.165) is 23.1 Å². The summed E-state index contributed by atoms with van der Waals surface area (Å²) in [7, 11) is 0. The van der Waals surface area contributed by atoms with Gasteiger partial charge in [0, 0.05) is 6.54 Å². The average molecular weight is 234 g/mol. The monoisotopic (exact) mass is 234 g/mol. The lowest BCUT2D eigenvalue weighted by Gasteiger charge is -2.04. The van der Waals surface area contributed by atoms with Crippen LogP contribution in [0.2, 0.25) is 0 Å². The minimum absolute atomic E-state index is 0.852. The Labute approximate surface area is 106 Å². The fourth-order valence-corrected chi connectivity index (χ4v) is 2.11. The van der Waals surface area contributed by atoms with E-state index in [2.05, 4.69) is 58.6 Å². The van der Waals surface area contributed by atoms with Gasteiger partial charge in [-0.1, -0.05) is 49.1 Å². The third kappa shape index (κ3) is 1.93. The molecular formula is C16H14N2. The van der Waals surface area contributed by atoms with Crippen LogP contribution in [0.4, 0.5) is 0 Å². The van der Waals surface area contributed by atoms with Gasteiger partial charge in [0.1, 0.15) is 0 Å². The lowest BCUT2D eigenvalue weighted by Crippen LogP contribution is -1.97. The zero-order valence-corrected chi connectivity index (χ0v) is 10.1. The van der Waals surface area contributed by atoms with Crippen LogP contribution in [-0.4, -0.2) is 9.55 Å². The lowest BCUT2D eigenvalue weighted by molar-refractivity contribution is 0.824. The Balaban J connectivity index is 2.00. The van der Waals surface area contributed by atoms with Gasteiger partial charge in [0.05, 0.1) is 17.4 Å². The molecule has 2 heteroatoms. The van der Waals surface area contributed by atoms with E-state index in [1.54, 1.807) is 0 Å². The van der Waals surface area contributed by atoms with E-state index < -0.39 is 0 Å². The van der Waals surface area contributed by atoms with Crippen molar-refractivity contribution >= 4 is 17.1 Å². The van der Waals surface area contributed by atoms with E-state index in [0.29, 0.717) is 0 Å². The molecule has 0 radical (unpaired) electrons. The van der Waals surface area contributed by atoms with Crippen molar-refractivity contribution in [3.8, 4) is 0 Å². The summed E-state index contributed by atoms with van der Waals surface area (Å²) in [5.41, 5.74) is 4.56. The van der Waals surface area contributed by atoms with Crippen LogP contribution in [0.5, 0.6) is 0 Å². The molecule has 0 amide bonds. The predicted molar refractivity (Wildman–Crippen MR) is 75.4 cm³/mol. The highest BCUT2D eigenvalue weighted by Gasteiger charge is 2.03. The van der Waals surface area contributed by atoms with E-state index in [9.17, 15) is 0 Å². The van der Waals surface area contributed by atoms with Gasteiger partial charge in [-0.2, -0.15) is 0 Å². The summed E-state index contributed by atoms with van der Waals surface area (Å²) in [5, 5.41) is 0. The van der Waals surface area contributed by atoms with Crippen LogP contribution in [0.1, 0.15) is 11.1 Å². The molecule has 0 aliphatic rings. The van der Waals surface area contributed by atoms with Gasteiger partial charge in [0.15, 0.2) is 0 Å². The van der Waals surface area contributed by atoms with Crippen molar-refractivity contribution < 1.29 is 0 Å². The second-order valence-electron chi connectivity index (χ2n) is 4.31. The number of benzene rings is 2. The Bertz CT molecular complexity index is 681. The molecule has 2 aromatic carbocycles. The van der Waals surface area contributed by atoms with Gasteiger partial charge in [-0.3, -0.25) is 0 Å². The quantitative estimate of drug-likeness (QED) is 0.675. The zero-order chi connectivity index (χ0) is 12.4. The number of hydrogen-bond acceptors (Lipinski definition) is 1. The molecule has 0 aliphatic heterocycles. The molecule has 0 spiro atoms. The van der Waals surface area contributed by atoms with E-state index in [4.69, 9.17) is 0 Å². The predicted octanol–water partition coefficient (Wildman–Crippen LogP) is 3.73. The first-order valence-corrected chi connectivity index (χ1v) is 5.98. The number of aromatic nitrogens is 2. The second kappa shape index (κ2) is 4.49. The third-order valence-electron chi connectivity index (χ3n) is 3.08. The van der Waals surface area contributed by atoms with Crippen molar-refractivity contribution in [2.75, 3.05) is 0 Å². The standard InChI is InChI=1S/C16H14N2/c1-2-13-8-9-16-15(10-13)17-12-18(16)11-14-6-4-3-5-7-14/h2-10,12H,1,11H2. The largest absolute Gasteiger partial charge is 0.326 e. The highest BCUT2D eigenvalue weighted by molar-refractivity contribution is 5.78. The van der Waals surface area contributed by atoms with Crippen molar-refractivity contribution in [1.29, 1.82) is 0 Å². The van der Waals surface area contributed by atoms with E-state index in [1.165, 1.54) is 5.56 Å². The minimum atomic E-state index is 0.852. The lowest BCUT2D eigenvalue weighted by atomic mass is 10.2. The molecule has 0 fully saturated rings. The number of nitrogens with zero attached hydrogens (tertiary/aromatic N) is 2. The van der Waals surface area contributed by atoms with Crippen LogP contribution in [0.15, 0.2) is 61.4 Å². The van der Waals surface area contributed by atoms with Crippen LogP contribution in [0.3, 0.4) is 0 Å². The average Bonchev–Trinajstić information content (AvgIpc) is 2.82. The van der Waals surface area contributed by atoms with Gasteiger partial charge in [0.2, 0.25) is 0 Å². The minimum Gasteiger partial charge on any atom is -0.326 e. The molecule has 88 valence electrons. The SMILES string of the molecule is C=Cc1ccc2c(c1)ncn2Cc1ccccc1. The van der Waals surface area contributed by atoms with Crippen molar-refractivity contribution in [1.82, 2.24) is 9.55 Å². The number of rotatable bonds is 3. The highest BCUT2D eigenvalue weighted by Crippen LogP contribution is 2.17. The Kier molecular flexibility index (Phi) is 2.69. The molecule has 1 heterocycles. The first-order chi connectivity index (χ1) is 8.86. The van der Waals surface area contributed by atoms with Crippen LogP contribution >= 0.6 is 0 Å². The number of imidazole rings is 1. The molecule has 3 rings (SSSR count). The van der Waals surface area contributed by atoms with E-state index in [1.807, 2.05) is 18.5 Å². The molecule has 3 aromatic rings. The molecule has 0 unspecified atom stereocenters. The molecule has 1 aromatic heterocycles. The van der Waals surface area contributed by atoms with Gasteiger partial charge in [0.25, 0.3) is 0 Å². The Morgan fingerprint density at radius 1 is 1.11 bits per heavy atom. The number of hydrogen-bond donors (Lipinski definition) is 0. The summed E-state index contributed by atoms with van der Waals surface area (Å²) < 4.78 is 2.16. The van der Waals surface area contributed by atoms with Crippen LogP contribution in [0.25, 0.3) is 17.1 Å². The third-order valence-corrected chi connectivity index (χ3v) is 3.08. The van der Waals surface area contributed by atoms with E-state index >= 15 is 0 Å². The maximum absolute atomic E-state index is 4.44. The molecule has 18 heavy (non-hydrogen) atoms. The molecule has 0 saturated heterocycles. The summed E-state index contributed by atoms with van der Waals surface area (Å²) in [6, 6.07) is 16.6. The first-order valence-electron chi connectivity index (χ1n) is 5.98. The van der Waals surface area contributed by atoms with Gasteiger partial charge in [-0.25, -0.2) is 4.98 Å². The van der Waals surface area contributed by atoms with Crippen LogP contribution in [-0.2, 0) is 6.54 Å². The number of fused-ring (bicyclic) bond motifs is 1. The summed E-state index contributed by atoms with van der Waals surface area (Å²) in [4.78, 5) is 4.44. The molecule has 0 saturated carbocycles. The molecule has 0 atom stereocenters.